The van der Waals surface area contributed by atoms with Gasteiger partial charge in [-0.1, -0.05) is 27.7 Å². The van der Waals surface area contributed by atoms with Crippen LogP contribution in [-0.2, 0) is 4.43 Å². The Morgan fingerprint density at radius 1 is 1.44 bits per heavy atom. The number of nitrogens with zero attached hydrogens (tertiary/aromatic N) is 1. The molecular formula is C12H23NOSSi. The van der Waals surface area contributed by atoms with Gasteiger partial charge in [0.2, 0.25) is 0 Å². The summed E-state index contributed by atoms with van der Waals surface area (Å²) in [7, 11) is -1.68. The number of hydrogen-bond donors (Lipinski definition) is 0. The quantitative estimate of drug-likeness (QED) is 0.735. The van der Waals surface area contributed by atoms with E-state index in [0.29, 0.717) is 0 Å². The maximum absolute atomic E-state index is 6.38. The normalized spacial score (nSPS) is 15.1. The Morgan fingerprint density at radius 3 is 2.44 bits per heavy atom. The molecule has 0 bridgehead atoms. The fourth-order valence-corrected chi connectivity index (χ4v) is 3.41. The molecule has 1 heterocycles. The molecule has 0 radical (unpaired) electrons. The first-order chi connectivity index (χ1) is 7.28. The first kappa shape index (κ1) is 13.9. The second kappa shape index (κ2) is 4.98. The summed E-state index contributed by atoms with van der Waals surface area (Å²) in [4.78, 5) is 4.37. The van der Waals surface area contributed by atoms with E-state index >= 15 is 0 Å². The third-order valence-corrected chi connectivity index (χ3v) is 8.69. The second-order valence-electron chi connectivity index (χ2n) is 5.65. The van der Waals surface area contributed by atoms with Gasteiger partial charge in [0, 0.05) is 11.6 Å². The summed E-state index contributed by atoms with van der Waals surface area (Å²) in [5.41, 5.74) is 0. The standard InChI is InChI=1S/C12H23NOSSi/c1-7-10(11-13-8-9-15-11)14-16(5,6)12(2,3)4/h8-10H,7H2,1-6H3. The molecule has 0 aliphatic rings. The van der Waals surface area contributed by atoms with Gasteiger partial charge >= 0.3 is 0 Å². The molecule has 0 aliphatic carbocycles. The van der Waals surface area contributed by atoms with E-state index in [1.165, 1.54) is 0 Å². The van der Waals surface area contributed by atoms with Crippen molar-refractivity contribution in [2.45, 2.75) is 58.4 Å². The molecule has 0 aromatic carbocycles. The summed E-state index contributed by atoms with van der Waals surface area (Å²) >= 11 is 1.69. The molecule has 1 unspecified atom stereocenters. The molecule has 1 rings (SSSR count). The van der Waals surface area contributed by atoms with Crippen LogP contribution in [0.4, 0.5) is 0 Å². The van der Waals surface area contributed by atoms with Crippen LogP contribution in [0.15, 0.2) is 11.6 Å². The first-order valence-electron chi connectivity index (χ1n) is 5.85. The van der Waals surface area contributed by atoms with Crippen LogP contribution in [0.1, 0.15) is 45.2 Å². The van der Waals surface area contributed by atoms with Crippen LogP contribution in [-0.4, -0.2) is 13.3 Å². The Balaban J connectivity index is 2.79. The van der Waals surface area contributed by atoms with E-state index in [1.54, 1.807) is 11.3 Å². The van der Waals surface area contributed by atoms with Crippen molar-refractivity contribution in [2.75, 3.05) is 0 Å². The third kappa shape index (κ3) is 3.15. The van der Waals surface area contributed by atoms with Crippen molar-refractivity contribution in [1.29, 1.82) is 0 Å². The minimum absolute atomic E-state index is 0.181. The minimum atomic E-state index is -1.68. The summed E-state index contributed by atoms with van der Waals surface area (Å²) in [6.45, 7) is 13.6. The summed E-state index contributed by atoms with van der Waals surface area (Å²) in [5.74, 6) is 0. The van der Waals surface area contributed by atoms with Gasteiger partial charge in [-0.25, -0.2) is 4.98 Å². The topological polar surface area (TPSA) is 22.1 Å². The molecule has 1 aromatic rings. The zero-order chi connectivity index (χ0) is 12.4. The Labute approximate surface area is 104 Å². The predicted molar refractivity (Wildman–Crippen MR) is 73.4 cm³/mol. The molecule has 92 valence electrons. The fourth-order valence-electron chi connectivity index (χ4n) is 1.23. The van der Waals surface area contributed by atoms with Crippen molar-refractivity contribution >= 4 is 19.7 Å². The number of thiazole rings is 1. The van der Waals surface area contributed by atoms with Gasteiger partial charge in [-0.2, -0.15) is 0 Å². The third-order valence-electron chi connectivity index (χ3n) is 3.34. The highest BCUT2D eigenvalue weighted by Crippen LogP contribution is 2.40. The van der Waals surface area contributed by atoms with E-state index in [4.69, 9.17) is 4.43 Å². The highest BCUT2D eigenvalue weighted by atomic mass is 32.1. The smallest absolute Gasteiger partial charge is 0.193 e. The SMILES string of the molecule is CCC(O[Si](C)(C)C(C)(C)C)c1nccs1. The van der Waals surface area contributed by atoms with Crippen LogP contribution < -0.4 is 0 Å². The predicted octanol–water partition coefficient (Wildman–Crippen LogP) is 4.62. The molecule has 0 saturated carbocycles. The maximum Gasteiger partial charge on any atom is 0.193 e. The van der Waals surface area contributed by atoms with Gasteiger partial charge in [0.25, 0.3) is 0 Å². The van der Waals surface area contributed by atoms with Gasteiger partial charge < -0.3 is 4.43 Å². The van der Waals surface area contributed by atoms with Crippen LogP contribution in [0.5, 0.6) is 0 Å². The first-order valence-corrected chi connectivity index (χ1v) is 9.64. The summed E-state index contributed by atoms with van der Waals surface area (Å²) in [6, 6.07) is 0. The Hall–Kier alpha value is -0.193. The molecule has 0 amide bonds. The van der Waals surface area contributed by atoms with Crippen LogP contribution in [0.3, 0.4) is 0 Å². The molecular weight excluding hydrogens is 234 g/mol. The monoisotopic (exact) mass is 257 g/mol. The molecule has 0 fully saturated rings. The largest absolute Gasteiger partial charge is 0.408 e. The Bertz CT molecular complexity index is 316. The molecule has 0 saturated heterocycles. The zero-order valence-corrected chi connectivity index (χ0v) is 13.0. The van der Waals surface area contributed by atoms with E-state index in [2.05, 4.69) is 45.8 Å². The molecule has 1 atom stereocenters. The molecule has 1 aromatic heterocycles. The number of hydrogen-bond acceptors (Lipinski definition) is 3. The maximum atomic E-state index is 6.38. The minimum Gasteiger partial charge on any atom is -0.408 e. The van der Waals surface area contributed by atoms with Crippen molar-refractivity contribution < 1.29 is 4.43 Å². The van der Waals surface area contributed by atoms with Crippen molar-refractivity contribution in [3.63, 3.8) is 0 Å². The van der Waals surface area contributed by atoms with Crippen molar-refractivity contribution in [2.24, 2.45) is 0 Å². The highest BCUT2D eigenvalue weighted by Gasteiger charge is 2.39. The van der Waals surface area contributed by atoms with Crippen molar-refractivity contribution in [3.05, 3.63) is 16.6 Å². The fraction of sp³-hybridized carbons (Fsp3) is 0.750. The summed E-state index contributed by atoms with van der Waals surface area (Å²) < 4.78 is 6.38. The van der Waals surface area contributed by atoms with Gasteiger partial charge in [0.1, 0.15) is 5.01 Å². The van der Waals surface area contributed by atoms with E-state index in [0.717, 1.165) is 11.4 Å². The average molecular weight is 257 g/mol. The van der Waals surface area contributed by atoms with Gasteiger partial charge in [-0.15, -0.1) is 11.3 Å². The highest BCUT2D eigenvalue weighted by molar-refractivity contribution is 7.09. The molecule has 4 heteroatoms. The van der Waals surface area contributed by atoms with Gasteiger partial charge in [-0.05, 0) is 24.6 Å². The lowest BCUT2D eigenvalue weighted by molar-refractivity contribution is 0.179. The lowest BCUT2D eigenvalue weighted by atomic mass is 10.2. The molecule has 2 nitrogen and oxygen atoms in total. The van der Waals surface area contributed by atoms with Crippen LogP contribution in [0.2, 0.25) is 18.1 Å². The van der Waals surface area contributed by atoms with Crippen LogP contribution in [0.25, 0.3) is 0 Å². The van der Waals surface area contributed by atoms with E-state index < -0.39 is 8.32 Å². The Kier molecular flexibility index (Phi) is 4.32. The van der Waals surface area contributed by atoms with Crippen molar-refractivity contribution in [1.82, 2.24) is 4.98 Å². The second-order valence-corrected chi connectivity index (χ2v) is 11.3. The lowest BCUT2D eigenvalue weighted by Crippen LogP contribution is -2.41. The Morgan fingerprint density at radius 2 is 2.06 bits per heavy atom. The molecule has 16 heavy (non-hydrogen) atoms. The van der Waals surface area contributed by atoms with E-state index in [1.807, 2.05) is 11.6 Å². The zero-order valence-electron chi connectivity index (χ0n) is 11.2. The molecule has 0 N–H and O–H groups in total. The van der Waals surface area contributed by atoms with Gasteiger partial charge in [0.15, 0.2) is 8.32 Å². The summed E-state index contributed by atoms with van der Waals surface area (Å²) in [6.07, 6.45) is 3.04. The lowest BCUT2D eigenvalue weighted by Gasteiger charge is -2.38. The van der Waals surface area contributed by atoms with Gasteiger partial charge in [-0.3, -0.25) is 0 Å². The number of aromatic nitrogens is 1. The molecule has 0 aliphatic heterocycles. The molecule has 0 spiro atoms. The average Bonchev–Trinajstić information content (AvgIpc) is 2.65. The van der Waals surface area contributed by atoms with Crippen molar-refractivity contribution in [3.8, 4) is 0 Å². The van der Waals surface area contributed by atoms with Crippen LogP contribution >= 0.6 is 11.3 Å². The van der Waals surface area contributed by atoms with Gasteiger partial charge in [0.05, 0.1) is 6.10 Å². The van der Waals surface area contributed by atoms with E-state index in [9.17, 15) is 0 Å². The summed E-state index contributed by atoms with van der Waals surface area (Å²) in [5, 5.41) is 3.40. The van der Waals surface area contributed by atoms with Crippen LogP contribution in [0, 0.1) is 0 Å². The van der Waals surface area contributed by atoms with E-state index in [-0.39, 0.29) is 11.1 Å². The number of rotatable bonds is 4.